The number of rotatable bonds is 4. The van der Waals surface area contributed by atoms with Crippen LogP contribution in [0.4, 0.5) is 0 Å². The van der Waals surface area contributed by atoms with Gasteiger partial charge in [-0.15, -0.1) is 11.3 Å². The maximum atomic E-state index is 10.6. The first-order valence-corrected chi connectivity index (χ1v) is 5.27. The summed E-state index contributed by atoms with van der Waals surface area (Å²) in [6, 6.07) is 4.14. The highest BCUT2D eigenvalue weighted by Gasteiger charge is 2.01. The van der Waals surface area contributed by atoms with Gasteiger partial charge in [-0.1, -0.05) is 6.07 Å². The largest absolute Gasteiger partial charge is 0.328 e. The summed E-state index contributed by atoms with van der Waals surface area (Å²) in [6.07, 6.45) is 5.22. The van der Waals surface area contributed by atoms with Gasteiger partial charge in [0.15, 0.2) is 12.1 Å². The molecule has 0 saturated carbocycles. The molecule has 0 aromatic carbocycles. The van der Waals surface area contributed by atoms with Crippen molar-refractivity contribution in [2.24, 2.45) is 0 Å². The van der Waals surface area contributed by atoms with Crippen LogP contribution in [0.3, 0.4) is 0 Å². The fraction of sp³-hybridized carbons (Fsp3) is 0.200. The standard InChI is InChI=1S/C10H10N2OS/c13-8-10-11-4-6-12(10)5-3-9-2-1-7-14-9/h1-2,4,6-8H,3,5H2. The second-order valence-electron chi connectivity index (χ2n) is 2.93. The van der Waals surface area contributed by atoms with Crippen LogP contribution in [0.2, 0.25) is 0 Å². The zero-order valence-electron chi connectivity index (χ0n) is 7.59. The number of hydrogen-bond acceptors (Lipinski definition) is 3. The van der Waals surface area contributed by atoms with Crippen LogP contribution in [-0.2, 0) is 13.0 Å². The molecule has 14 heavy (non-hydrogen) atoms. The second-order valence-corrected chi connectivity index (χ2v) is 3.96. The highest BCUT2D eigenvalue weighted by Crippen LogP contribution is 2.10. The molecule has 0 fully saturated rings. The van der Waals surface area contributed by atoms with Crippen molar-refractivity contribution < 1.29 is 4.79 Å². The van der Waals surface area contributed by atoms with E-state index in [2.05, 4.69) is 16.4 Å². The molecule has 0 N–H and O–H groups in total. The second kappa shape index (κ2) is 4.19. The minimum Gasteiger partial charge on any atom is -0.328 e. The van der Waals surface area contributed by atoms with Gasteiger partial charge in [0.1, 0.15) is 0 Å². The van der Waals surface area contributed by atoms with E-state index in [9.17, 15) is 4.79 Å². The molecule has 2 aromatic rings. The summed E-state index contributed by atoms with van der Waals surface area (Å²) in [5.41, 5.74) is 0. The molecule has 0 bridgehead atoms. The maximum Gasteiger partial charge on any atom is 0.185 e. The Bertz CT molecular complexity index is 405. The minimum atomic E-state index is 0.501. The molecule has 0 unspecified atom stereocenters. The van der Waals surface area contributed by atoms with Crippen molar-refractivity contribution in [3.8, 4) is 0 Å². The molecule has 0 saturated heterocycles. The number of imidazole rings is 1. The van der Waals surface area contributed by atoms with Crippen LogP contribution >= 0.6 is 11.3 Å². The van der Waals surface area contributed by atoms with E-state index in [1.54, 1.807) is 17.5 Å². The predicted molar refractivity (Wildman–Crippen MR) is 55.6 cm³/mol. The van der Waals surface area contributed by atoms with E-state index in [1.807, 2.05) is 16.8 Å². The Morgan fingerprint density at radius 3 is 3.21 bits per heavy atom. The monoisotopic (exact) mass is 206 g/mol. The van der Waals surface area contributed by atoms with Gasteiger partial charge in [-0.2, -0.15) is 0 Å². The molecule has 3 nitrogen and oxygen atoms in total. The van der Waals surface area contributed by atoms with Crippen LogP contribution in [0.1, 0.15) is 15.5 Å². The van der Waals surface area contributed by atoms with Crippen LogP contribution in [0.25, 0.3) is 0 Å². The van der Waals surface area contributed by atoms with Gasteiger partial charge in [-0.05, 0) is 17.9 Å². The molecule has 2 rings (SSSR count). The topological polar surface area (TPSA) is 34.9 Å². The van der Waals surface area contributed by atoms with Crippen molar-refractivity contribution in [3.05, 3.63) is 40.6 Å². The zero-order valence-corrected chi connectivity index (χ0v) is 8.41. The highest BCUT2D eigenvalue weighted by molar-refractivity contribution is 7.09. The summed E-state index contributed by atoms with van der Waals surface area (Å²) in [5, 5.41) is 2.06. The Labute approximate surface area is 86.0 Å². The summed E-state index contributed by atoms with van der Waals surface area (Å²) < 4.78 is 1.87. The third kappa shape index (κ3) is 1.90. The summed E-state index contributed by atoms with van der Waals surface area (Å²) in [5.74, 6) is 0.501. The molecule has 0 amide bonds. The van der Waals surface area contributed by atoms with Crippen molar-refractivity contribution in [3.63, 3.8) is 0 Å². The van der Waals surface area contributed by atoms with Gasteiger partial charge >= 0.3 is 0 Å². The van der Waals surface area contributed by atoms with E-state index in [4.69, 9.17) is 0 Å². The molecule has 0 aliphatic carbocycles. The van der Waals surface area contributed by atoms with Gasteiger partial charge in [-0.25, -0.2) is 4.98 Å². The average molecular weight is 206 g/mol. The molecular formula is C10H10N2OS. The number of carbonyl (C=O) groups excluding carboxylic acids is 1. The van der Waals surface area contributed by atoms with E-state index in [-0.39, 0.29) is 0 Å². The Hall–Kier alpha value is -1.42. The van der Waals surface area contributed by atoms with Crippen molar-refractivity contribution in [2.45, 2.75) is 13.0 Å². The first-order chi connectivity index (χ1) is 6.90. The SMILES string of the molecule is O=Cc1nccn1CCc1cccs1. The van der Waals surface area contributed by atoms with Gasteiger partial charge in [0.05, 0.1) is 0 Å². The van der Waals surface area contributed by atoms with Gasteiger partial charge < -0.3 is 4.57 Å². The lowest BCUT2D eigenvalue weighted by molar-refractivity contribution is 0.111. The van der Waals surface area contributed by atoms with Gasteiger partial charge in [0, 0.05) is 23.8 Å². The lowest BCUT2D eigenvalue weighted by Crippen LogP contribution is -2.03. The summed E-state index contributed by atoms with van der Waals surface area (Å²) in [6.45, 7) is 0.814. The Kier molecular flexibility index (Phi) is 2.74. The molecule has 2 heterocycles. The summed E-state index contributed by atoms with van der Waals surface area (Å²) >= 11 is 1.74. The van der Waals surface area contributed by atoms with E-state index in [0.717, 1.165) is 19.3 Å². The molecule has 0 aliphatic heterocycles. The molecule has 0 aliphatic rings. The molecule has 0 radical (unpaired) electrons. The minimum absolute atomic E-state index is 0.501. The van der Waals surface area contributed by atoms with E-state index < -0.39 is 0 Å². The smallest absolute Gasteiger partial charge is 0.185 e. The van der Waals surface area contributed by atoms with Crippen molar-refractivity contribution >= 4 is 17.6 Å². The van der Waals surface area contributed by atoms with E-state index >= 15 is 0 Å². The number of aromatic nitrogens is 2. The van der Waals surface area contributed by atoms with Crippen LogP contribution in [0.15, 0.2) is 29.9 Å². The zero-order chi connectivity index (χ0) is 9.80. The molecule has 72 valence electrons. The highest BCUT2D eigenvalue weighted by atomic mass is 32.1. The number of carbonyl (C=O) groups is 1. The third-order valence-electron chi connectivity index (χ3n) is 2.03. The van der Waals surface area contributed by atoms with Gasteiger partial charge in [0.2, 0.25) is 0 Å². The predicted octanol–water partition coefficient (Wildman–Crippen LogP) is 2.00. The van der Waals surface area contributed by atoms with Gasteiger partial charge in [0.25, 0.3) is 0 Å². The summed E-state index contributed by atoms with van der Waals surface area (Å²) in [4.78, 5) is 15.8. The van der Waals surface area contributed by atoms with Gasteiger partial charge in [-0.3, -0.25) is 4.79 Å². The Morgan fingerprint density at radius 2 is 2.50 bits per heavy atom. The number of thiophene rings is 1. The number of aryl methyl sites for hydroxylation is 2. The van der Waals surface area contributed by atoms with Crippen LogP contribution in [0, 0.1) is 0 Å². The number of hydrogen-bond donors (Lipinski definition) is 0. The fourth-order valence-corrected chi connectivity index (χ4v) is 2.01. The third-order valence-corrected chi connectivity index (χ3v) is 2.97. The number of aldehydes is 1. The van der Waals surface area contributed by atoms with E-state index in [1.165, 1.54) is 4.88 Å². The van der Waals surface area contributed by atoms with Crippen molar-refractivity contribution in [2.75, 3.05) is 0 Å². The molecule has 4 heteroatoms. The first-order valence-electron chi connectivity index (χ1n) is 4.39. The molecule has 0 spiro atoms. The normalized spacial score (nSPS) is 10.3. The Balaban J connectivity index is 2.01. The van der Waals surface area contributed by atoms with Crippen molar-refractivity contribution in [1.82, 2.24) is 9.55 Å². The van der Waals surface area contributed by atoms with E-state index in [0.29, 0.717) is 5.82 Å². The van der Waals surface area contributed by atoms with Crippen LogP contribution in [0.5, 0.6) is 0 Å². The lowest BCUT2D eigenvalue weighted by Gasteiger charge is -2.01. The van der Waals surface area contributed by atoms with Crippen molar-refractivity contribution in [1.29, 1.82) is 0 Å². The first kappa shape index (κ1) is 9.15. The quantitative estimate of drug-likeness (QED) is 0.717. The molecule has 2 aromatic heterocycles. The molecule has 0 atom stereocenters. The average Bonchev–Trinajstić information content (AvgIpc) is 2.85. The Morgan fingerprint density at radius 1 is 1.57 bits per heavy atom. The fourth-order valence-electron chi connectivity index (χ4n) is 1.31. The van der Waals surface area contributed by atoms with Crippen LogP contribution in [-0.4, -0.2) is 15.8 Å². The number of nitrogens with zero attached hydrogens (tertiary/aromatic N) is 2. The molecular weight excluding hydrogens is 196 g/mol. The maximum absolute atomic E-state index is 10.6. The summed E-state index contributed by atoms with van der Waals surface area (Å²) in [7, 11) is 0. The van der Waals surface area contributed by atoms with Crippen LogP contribution < -0.4 is 0 Å². The lowest BCUT2D eigenvalue weighted by atomic mass is 10.3.